The van der Waals surface area contributed by atoms with Crippen LogP contribution in [0.3, 0.4) is 0 Å². The van der Waals surface area contributed by atoms with Crippen molar-refractivity contribution in [2.75, 3.05) is 5.32 Å². The number of thiophene rings is 1. The molecular formula is C15H11FN2OS2. The fourth-order valence-electron chi connectivity index (χ4n) is 1.82. The van der Waals surface area contributed by atoms with Crippen molar-refractivity contribution in [3.63, 3.8) is 0 Å². The molecule has 3 nitrogen and oxygen atoms in total. The van der Waals surface area contributed by atoms with E-state index in [2.05, 4.69) is 10.3 Å². The van der Waals surface area contributed by atoms with Crippen molar-refractivity contribution in [3.8, 4) is 9.88 Å². The number of thiazole rings is 1. The van der Waals surface area contributed by atoms with E-state index in [1.54, 1.807) is 23.5 Å². The van der Waals surface area contributed by atoms with Crippen LogP contribution >= 0.6 is 22.7 Å². The van der Waals surface area contributed by atoms with Crippen LogP contribution in [0, 0.1) is 5.82 Å². The zero-order valence-electron chi connectivity index (χ0n) is 10.9. The first kappa shape index (κ1) is 13.9. The lowest BCUT2D eigenvalue weighted by atomic mass is 10.2. The molecule has 0 unspecified atom stereocenters. The topological polar surface area (TPSA) is 42.0 Å². The Balaban J connectivity index is 1.67. The van der Waals surface area contributed by atoms with Gasteiger partial charge in [0.2, 0.25) is 5.91 Å². The minimum Gasteiger partial charge on any atom is -0.323 e. The van der Waals surface area contributed by atoms with Gasteiger partial charge >= 0.3 is 0 Å². The largest absolute Gasteiger partial charge is 0.323 e. The van der Waals surface area contributed by atoms with Crippen molar-refractivity contribution in [1.82, 2.24) is 4.98 Å². The van der Waals surface area contributed by atoms with Crippen LogP contribution in [0.15, 0.2) is 47.2 Å². The van der Waals surface area contributed by atoms with E-state index in [1.807, 2.05) is 22.9 Å². The Morgan fingerprint density at radius 1 is 1.19 bits per heavy atom. The van der Waals surface area contributed by atoms with Crippen LogP contribution in [0.1, 0.15) is 5.69 Å². The molecule has 1 N–H and O–H groups in total. The zero-order valence-corrected chi connectivity index (χ0v) is 12.5. The average Bonchev–Trinajstić information content (AvgIpc) is 3.12. The number of nitrogens with one attached hydrogen (secondary N) is 1. The van der Waals surface area contributed by atoms with Gasteiger partial charge in [0, 0.05) is 5.38 Å². The number of aromatic nitrogens is 1. The molecule has 0 aliphatic rings. The summed E-state index contributed by atoms with van der Waals surface area (Å²) in [5.41, 5.74) is 0.883. The summed E-state index contributed by atoms with van der Waals surface area (Å²) < 4.78 is 13.5. The number of rotatable bonds is 4. The van der Waals surface area contributed by atoms with Crippen LogP contribution in [0.25, 0.3) is 9.88 Å². The molecule has 1 aromatic carbocycles. The molecule has 2 heterocycles. The predicted molar refractivity (Wildman–Crippen MR) is 84.2 cm³/mol. The van der Waals surface area contributed by atoms with Crippen LogP contribution in [0.4, 0.5) is 10.1 Å². The normalized spacial score (nSPS) is 10.5. The highest BCUT2D eigenvalue weighted by Gasteiger charge is 2.11. The van der Waals surface area contributed by atoms with Gasteiger partial charge in [-0.05, 0) is 23.6 Å². The molecule has 106 valence electrons. The van der Waals surface area contributed by atoms with Crippen LogP contribution in [-0.2, 0) is 11.2 Å². The molecule has 6 heteroatoms. The highest BCUT2D eigenvalue weighted by Crippen LogP contribution is 2.28. The first-order valence-corrected chi connectivity index (χ1v) is 8.01. The van der Waals surface area contributed by atoms with Gasteiger partial charge in [0.05, 0.1) is 22.7 Å². The minimum atomic E-state index is -0.441. The van der Waals surface area contributed by atoms with E-state index in [4.69, 9.17) is 0 Å². The molecule has 1 amide bonds. The summed E-state index contributed by atoms with van der Waals surface area (Å²) in [6.07, 6.45) is 0.135. The summed E-state index contributed by atoms with van der Waals surface area (Å²) in [5.74, 6) is -0.716. The van der Waals surface area contributed by atoms with Gasteiger partial charge in [0.1, 0.15) is 10.8 Å². The van der Waals surface area contributed by atoms with Crippen molar-refractivity contribution in [3.05, 3.63) is 58.7 Å². The molecule has 0 saturated heterocycles. The number of carbonyl (C=O) groups excluding carboxylic acids is 1. The molecule has 3 aromatic rings. The predicted octanol–water partition coefficient (Wildman–Crippen LogP) is 4.19. The van der Waals surface area contributed by atoms with Crippen LogP contribution < -0.4 is 5.32 Å². The molecule has 0 spiro atoms. The summed E-state index contributed by atoms with van der Waals surface area (Å²) in [6, 6.07) is 10.1. The Labute approximate surface area is 129 Å². The highest BCUT2D eigenvalue weighted by molar-refractivity contribution is 7.20. The smallest absolute Gasteiger partial charge is 0.230 e. The number of hydrogen-bond acceptors (Lipinski definition) is 4. The van der Waals surface area contributed by atoms with Gasteiger partial charge in [-0.15, -0.1) is 22.7 Å². The quantitative estimate of drug-likeness (QED) is 0.783. The van der Waals surface area contributed by atoms with Gasteiger partial charge in [0.15, 0.2) is 0 Å². The van der Waals surface area contributed by atoms with Crippen molar-refractivity contribution >= 4 is 34.3 Å². The van der Waals surface area contributed by atoms with E-state index < -0.39 is 5.82 Å². The van der Waals surface area contributed by atoms with Crippen molar-refractivity contribution in [2.45, 2.75) is 6.42 Å². The van der Waals surface area contributed by atoms with E-state index in [1.165, 1.54) is 23.5 Å². The molecule has 0 bridgehead atoms. The molecule has 0 saturated carbocycles. The van der Waals surface area contributed by atoms with Crippen molar-refractivity contribution < 1.29 is 9.18 Å². The first-order chi connectivity index (χ1) is 10.2. The van der Waals surface area contributed by atoms with Crippen molar-refractivity contribution in [2.24, 2.45) is 0 Å². The maximum Gasteiger partial charge on any atom is 0.230 e. The summed E-state index contributed by atoms with van der Waals surface area (Å²) in [4.78, 5) is 17.4. The molecule has 0 fully saturated rings. The number of hydrogen-bond donors (Lipinski definition) is 1. The highest BCUT2D eigenvalue weighted by atomic mass is 32.1. The van der Waals surface area contributed by atoms with E-state index in [-0.39, 0.29) is 18.0 Å². The Hall–Kier alpha value is -2.05. The Kier molecular flexibility index (Phi) is 4.08. The third-order valence-corrected chi connectivity index (χ3v) is 4.70. The van der Waals surface area contributed by atoms with E-state index in [0.29, 0.717) is 5.69 Å². The Bertz CT molecular complexity index is 753. The standard InChI is InChI=1S/C15H11FN2OS2/c16-11-4-1-2-5-12(11)18-14(19)8-10-9-21-15(17-10)13-6-3-7-20-13/h1-7,9H,8H2,(H,18,19). The van der Waals surface area contributed by atoms with Gasteiger partial charge in [-0.1, -0.05) is 18.2 Å². The molecule has 21 heavy (non-hydrogen) atoms. The molecule has 0 radical (unpaired) electrons. The molecule has 0 aliphatic carbocycles. The molecular weight excluding hydrogens is 307 g/mol. The lowest BCUT2D eigenvalue weighted by Gasteiger charge is -2.04. The van der Waals surface area contributed by atoms with E-state index >= 15 is 0 Å². The third-order valence-electron chi connectivity index (χ3n) is 2.77. The average molecular weight is 318 g/mol. The van der Waals surface area contributed by atoms with Crippen LogP contribution in [-0.4, -0.2) is 10.9 Å². The second kappa shape index (κ2) is 6.15. The maximum atomic E-state index is 13.5. The number of amides is 1. The number of para-hydroxylation sites is 1. The number of anilines is 1. The lowest BCUT2D eigenvalue weighted by Crippen LogP contribution is -2.15. The SMILES string of the molecule is O=C(Cc1csc(-c2cccs2)n1)Nc1ccccc1F. The molecule has 3 rings (SSSR count). The van der Waals surface area contributed by atoms with Gasteiger partial charge in [0.25, 0.3) is 0 Å². The second-order valence-electron chi connectivity index (χ2n) is 4.33. The van der Waals surface area contributed by atoms with Gasteiger partial charge in [-0.3, -0.25) is 4.79 Å². The van der Waals surface area contributed by atoms with E-state index in [9.17, 15) is 9.18 Å². The number of halogens is 1. The monoisotopic (exact) mass is 318 g/mol. The number of benzene rings is 1. The van der Waals surface area contributed by atoms with Gasteiger partial charge in [-0.2, -0.15) is 0 Å². The van der Waals surface area contributed by atoms with Crippen molar-refractivity contribution in [1.29, 1.82) is 0 Å². The number of nitrogens with zero attached hydrogens (tertiary/aromatic N) is 1. The fraction of sp³-hybridized carbons (Fsp3) is 0.0667. The summed E-state index contributed by atoms with van der Waals surface area (Å²) in [6.45, 7) is 0. The summed E-state index contributed by atoms with van der Waals surface area (Å²) >= 11 is 3.11. The Morgan fingerprint density at radius 3 is 2.81 bits per heavy atom. The third kappa shape index (κ3) is 3.34. The molecule has 0 atom stereocenters. The molecule has 0 aliphatic heterocycles. The van der Waals surface area contributed by atoms with Gasteiger partial charge < -0.3 is 5.32 Å². The zero-order chi connectivity index (χ0) is 14.7. The minimum absolute atomic E-state index is 0.135. The second-order valence-corrected chi connectivity index (χ2v) is 6.13. The Morgan fingerprint density at radius 2 is 2.05 bits per heavy atom. The van der Waals surface area contributed by atoms with Gasteiger partial charge in [-0.25, -0.2) is 9.37 Å². The lowest BCUT2D eigenvalue weighted by molar-refractivity contribution is -0.115. The fourth-order valence-corrected chi connectivity index (χ4v) is 3.46. The first-order valence-electron chi connectivity index (χ1n) is 6.25. The summed E-state index contributed by atoms with van der Waals surface area (Å²) in [7, 11) is 0. The molecule has 2 aromatic heterocycles. The van der Waals surface area contributed by atoms with E-state index in [0.717, 1.165) is 9.88 Å². The van der Waals surface area contributed by atoms with Crippen LogP contribution in [0.5, 0.6) is 0 Å². The maximum absolute atomic E-state index is 13.5. The van der Waals surface area contributed by atoms with Crippen LogP contribution in [0.2, 0.25) is 0 Å². The number of carbonyl (C=O) groups is 1. The summed E-state index contributed by atoms with van der Waals surface area (Å²) in [5, 5.41) is 7.30.